The van der Waals surface area contributed by atoms with Gasteiger partial charge in [-0.15, -0.1) is 0 Å². The molecule has 0 aromatic heterocycles. The van der Waals surface area contributed by atoms with Crippen molar-refractivity contribution in [3.05, 3.63) is 29.8 Å². The van der Waals surface area contributed by atoms with Crippen LogP contribution in [0.25, 0.3) is 0 Å². The Balaban J connectivity index is 1.94. The molecule has 1 saturated heterocycles. The Hall–Kier alpha value is -1.55. The molecule has 102 valence electrons. The molecule has 2 bridgehead atoms. The number of hydrogen-bond acceptors (Lipinski definition) is 3. The lowest BCUT2D eigenvalue weighted by Gasteiger charge is -2.50. The van der Waals surface area contributed by atoms with E-state index in [2.05, 4.69) is 6.07 Å². The van der Waals surface area contributed by atoms with E-state index in [1.807, 2.05) is 30.0 Å². The average molecular weight is 260 g/mol. The first kappa shape index (κ1) is 12.5. The molecule has 1 fully saturated rings. The second-order valence-corrected chi connectivity index (χ2v) is 5.61. The molecule has 1 amide bonds. The van der Waals surface area contributed by atoms with Gasteiger partial charge in [-0.3, -0.25) is 4.79 Å². The lowest BCUT2D eigenvalue weighted by atomic mass is 9.80. The van der Waals surface area contributed by atoms with Crippen molar-refractivity contribution in [1.29, 1.82) is 0 Å². The van der Waals surface area contributed by atoms with Crippen LogP contribution in [0.1, 0.15) is 37.7 Å². The first-order valence-electron chi connectivity index (χ1n) is 6.92. The van der Waals surface area contributed by atoms with Gasteiger partial charge in [-0.05, 0) is 31.5 Å². The number of piperidine rings is 1. The Morgan fingerprint density at radius 1 is 1.47 bits per heavy atom. The maximum Gasteiger partial charge on any atom is 0.226 e. The molecule has 3 rings (SSSR count). The van der Waals surface area contributed by atoms with Crippen molar-refractivity contribution < 1.29 is 9.53 Å². The van der Waals surface area contributed by atoms with Gasteiger partial charge in [-0.2, -0.15) is 0 Å². The highest BCUT2D eigenvalue weighted by molar-refractivity contribution is 5.79. The van der Waals surface area contributed by atoms with Gasteiger partial charge in [-0.25, -0.2) is 0 Å². The molecule has 2 aliphatic heterocycles. The van der Waals surface area contributed by atoms with E-state index in [0.717, 1.165) is 18.6 Å². The number of nitrogens with two attached hydrogens (primary N) is 1. The van der Waals surface area contributed by atoms with Crippen molar-refractivity contribution in [1.82, 2.24) is 4.90 Å². The summed E-state index contributed by atoms with van der Waals surface area (Å²) in [4.78, 5) is 14.2. The van der Waals surface area contributed by atoms with Gasteiger partial charge in [0.15, 0.2) is 5.72 Å². The van der Waals surface area contributed by atoms with E-state index in [4.69, 9.17) is 10.5 Å². The molecule has 2 aliphatic rings. The highest BCUT2D eigenvalue weighted by atomic mass is 16.5. The molecule has 2 heterocycles. The molecule has 2 unspecified atom stereocenters. The van der Waals surface area contributed by atoms with E-state index in [-0.39, 0.29) is 11.8 Å². The summed E-state index contributed by atoms with van der Waals surface area (Å²) >= 11 is 0. The number of carbonyl (C=O) groups excluding carboxylic acids is 1. The number of rotatable bonds is 3. The van der Waals surface area contributed by atoms with Gasteiger partial charge in [0.05, 0.1) is 0 Å². The minimum Gasteiger partial charge on any atom is -0.468 e. The minimum absolute atomic E-state index is 0.182. The van der Waals surface area contributed by atoms with Crippen LogP contribution < -0.4 is 10.5 Å². The molecule has 19 heavy (non-hydrogen) atoms. The maximum absolute atomic E-state index is 12.3. The van der Waals surface area contributed by atoms with Gasteiger partial charge >= 0.3 is 0 Å². The molecule has 4 heteroatoms. The van der Waals surface area contributed by atoms with Crippen molar-refractivity contribution in [3.63, 3.8) is 0 Å². The molecule has 0 aliphatic carbocycles. The van der Waals surface area contributed by atoms with Crippen LogP contribution in [0.15, 0.2) is 24.3 Å². The quantitative estimate of drug-likeness (QED) is 0.902. The van der Waals surface area contributed by atoms with E-state index in [1.54, 1.807) is 0 Å². The third-order valence-corrected chi connectivity index (χ3v) is 4.19. The Kier molecular flexibility index (Phi) is 2.97. The van der Waals surface area contributed by atoms with Crippen molar-refractivity contribution >= 4 is 5.91 Å². The zero-order valence-corrected chi connectivity index (χ0v) is 11.3. The lowest BCUT2D eigenvalue weighted by molar-refractivity contribution is -0.165. The normalized spacial score (nSPS) is 28.8. The fourth-order valence-corrected chi connectivity index (χ4v) is 3.30. The van der Waals surface area contributed by atoms with Crippen molar-refractivity contribution in [2.45, 2.75) is 37.8 Å². The number of benzene rings is 1. The van der Waals surface area contributed by atoms with Gasteiger partial charge in [0.25, 0.3) is 0 Å². The van der Waals surface area contributed by atoms with E-state index >= 15 is 0 Å². The number of ether oxygens (including phenoxy) is 1. The van der Waals surface area contributed by atoms with E-state index in [0.29, 0.717) is 19.5 Å². The predicted octanol–water partition coefficient (Wildman–Crippen LogP) is 1.85. The summed E-state index contributed by atoms with van der Waals surface area (Å²) in [5.74, 6) is 1.39. The highest BCUT2D eigenvalue weighted by Gasteiger charge is 2.48. The van der Waals surface area contributed by atoms with Crippen LogP contribution in [-0.4, -0.2) is 29.6 Å². The SMILES string of the molecule is CC12CC(CC(=O)N1CCCN)c1ccccc1O2. The Morgan fingerprint density at radius 3 is 3.05 bits per heavy atom. The monoisotopic (exact) mass is 260 g/mol. The molecular weight excluding hydrogens is 240 g/mol. The van der Waals surface area contributed by atoms with Gasteiger partial charge in [0.2, 0.25) is 5.91 Å². The third kappa shape index (κ3) is 2.00. The summed E-state index contributed by atoms with van der Waals surface area (Å²) < 4.78 is 6.13. The molecule has 2 atom stereocenters. The van der Waals surface area contributed by atoms with Crippen LogP contribution in [0.3, 0.4) is 0 Å². The molecule has 0 spiro atoms. The Labute approximate surface area is 113 Å². The minimum atomic E-state index is -0.510. The van der Waals surface area contributed by atoms with Crippen LogP contribution in [0.2, 0.25) is 0 Å². The molecule has 0 saturated carbocycles. The number of carbonyl (C=O) groups is 1. The van der Waals surface area contributed by atoms with Crippen molar-refractivity contribution in [2.24, 2.45) is 5.73 Å². The number of likely N-dealkylation sites (tertiary alicyclic amines) is 1. The summed E-state index contributed by atoms with van der Waals surface area (Å²) in [5, 5.41) is 0. The Bertz CT molecular complexity index is 503. The number of para-hydroxylation sites is 1. The van der Waals surface area contributed by atoms with Crippen LogP contribution in [0, 0.1) is 0 Å². The van der Waals surface area contributed by atoms with E-state index in [1.165, 1.54) is 5.56 Å². The van der Waals surface area contributed by atoms with Gasteiger partial charge < -0.3 is 15.4 Å². The number of nitrogens with zero attached hydrogens (tertiary/aromatic N) is 1. The molecule has 1 aromatic rings. The highest BCUT2D eigenvalue weighted by Crippen LogP contribution is 2.47. The van der Waals surface area contributed by atoms with E-state index in [9.17, 15) is 4.79 Å². The molecule has 2 N–H and O–H groups in total. The second kappa shape index (κ2) is 4.53. The molecule has 0 radical (unpaired) electrons. The smallest absolute Gasteiger partial charge is 0.226 e. The van der Waals surface area contributed by atoms with Crippen LogP contribution in [0.5, 0.6) is 5.75 Å². The standard InChI is InChI=1S/C15H20N2O2/c1-15-10-11(9-14(18)17(15)8-4-7-16)12-5-2-3-6-13(12)19-15/h2-3,5-6,11H,4,7-10,16H2,1H3. The summed E-state index contributed by atoms with van der Waals surface area (Å²) in [5.41, 5.74) is 6.22. The third-order valence-electron chi connectivity index (χ3n) is 4.19. The van der Waals surface area contributed by atoms with Crippen molar-refractivity contribution in [3.8, 4) is 5.75 Å². The Morgan fingerprint density at radius 2 is 2.26 bits per heavy atom. The largest absolute Gasteiger partial charge is 0.468 e. The molecule has 4 nitrogen and oxygen atoms in total. The number of amides is 1. The fraction of sp³-hybridized carbons (Fsp3) is 0.533. The zero-order valence-electron chi connectivity index (χ0n) is 11.3. The topological polar surface area (TPSA) is 55.6 Å². The summed E-state index contributed by atoms with van der Waals surface area (Å²) in [6, 6.07) is 8.06. The molecule has 1 aromatic carbocycles. The second-order valence-electron chi connectivity index (χ2n) is 5.61. The summed E-state index contributed by atoms with van der Waals surface area (Å²) in [6.07, 6.45) is 2.28. The van der Waals surface area contributed by atoms with Crippen LogP contribution >= 0.6 is 0 Å². The molecular formula is C15H20N2O2. The van der Waals surface area contributed by atoms with Crippen LogP contribution in [0.4, 0.5) is 0 Å². The number of fused-ring (bicyclic) bond motifs is 4. The number of hydrogen-bond donors (Lipinski definition) is 1. The lowest BCUT2D eigenvalue weighted by Crippen LogP contribution is -2.60. The maximum atomic E-state index is 12.3. The zero-order chi connectivity index (χ0) is 13.5. The summed E-state index contributed by atoms with van der Waals surface area (Å²) in [6.45, 7) is 3.30. The summed E-state index contributed by atoms with van der Waals surface area (Å²) in [7, 11) is 0. The van der Waals surface area contributed by atoms with Gasteiger partial charge in [0.1, 0.15) is 5.75 Å². The van der Waals surface area contributed by atoms with Gasteiger partial charge in [-0.1, -0.05) is 18.2 Å². The van der Waals surface area contributed by atoms with Crippen molar-refractivity contribution in [2.75, 3.05) is 13.1 Å². The van der Waals surface area contributed by atoms with Crippen LogP contribution in [-0.2, 0) is 4.79 Å². The average Bonchev–Trinajstić information content (AvgIpc) is 2.37. The predicted molar refractivity (Wildman–Crippen MR) is 72.8 cm³/mol. The van der Waals surface area contributed by atoms with Gasteiger partial charge in [0, 0.05) is 25.3 Å². The first-order chi connectivity index (χ1) is 9.14. The van der Waals surface area contributed by atoms with E-state index < -0.39 is 5.72 Å². The fourth-order valence-electron chi connectivity index (χ4n) is 3.30. The first-order valence-corrected chi connectivity index (χ1v) is 6.92.